The van der Waals surface area contributed by atoms with Gasteiger partial charge in [-0.1, -0.05) is 0 Å². The van der Waals surface area contributed by atoms with E-state index in [4.69, 9.17) is 15.7 Å². The molecule has 3 N–H and O–H groups in total. The zero-order valence-corrected chi connectivity index (χ0v) is 14.8. The molecule has 140 valence electrons. The fraction of sp³-hybridized carbons (Fsp3) is 0.0500. The molecule has 8 heteroatoms. The summed E-state index contributed by atoms with van der Waals surface area (Å²) in [6, 6.07) is 13.6. The van der Waals surface area contributed by atoms with Crippen molar-refractivity contribution in [2.75, 3.05) is 18.2 Å². The second kappa shape index (κ2) is 7.63. The van der Waals surface area contributed by atoms with Crippen molar-refractivity contribution in [2.24, 2.45) is 0 Å². The molecule has 0 atom stereocenters. The normalized spacial score (nSPS) is 10.2. The van der Waals surface area contributed by atoms with Gasteiger partial charge in [-0.05, 0) is 48.5 Å². The molecular formula is C20H15FN4O3. The Kier molecular flexibility index (Phi) is 5.09. The molecule has 0 saturated heterocycles. The lowest BCUT2D eigenvalue weighted by Gasteiger charge is -2.10. The van der Waals surface area contributed by atoms with E-state index < -0.39 is 11.8 Å². The average molecular weight is 378 g/mol. The highest BCUT2D eigenvalue weighted by atomic mass is 19.1. The Balaban J connectivity index is 1.89. The molecule has 1 aromatic heterocycles. The van der Waals surface area contributed by atoms with Crippen LogP contribution in [0.1, 0.15) is 26.4 Å². The number of methoxy groups -OCH3 is 1. The molecule has 0 saturated carbocycles. The molecule has 0 aliphatic rings. The van der Waals surface area contributed by atoms with Crippen LogP contribution in [0.2, 0.25) is 0 Å². The smallest absolute Gasteiger partial charge is 0.357 e. The molecule has 1 amide bonds. The van der Waals surface area contributed by atoms with Crippen LogP contribution in [0, 0.1) is 17.1 Å². The zero-order chi connectivity index (χ0) is 20.3. The Bertz CT molecular complexity index is 1080. The van der Waals surface area contributed by atoms with Gasteiger partial charge in [0.25, 0.3) is 5.91 Å². The number of ether oxygens (including phenoxy) is 1. The predicted molar refractivity (Wildman–Crippen MR) is 101 cm³/mol. The van der Waals surface area contributed by atoms with Gasteiger partial charge in [-0.15, -0.1) is 0 Å². The van der Waals surface area contributed by atoms with Gasteiger partial charge in [-0.25, -0.2) is 9.18 Å². The maximum atomic E-state index is 12.9. The number of hydrogen-bond donors (Lipinski definition) is 2. The van der Waals surface area contributed by atoms with Gasteiger partial charge in [0.15, 0.2) is 5.69 Å². The van der Waals surface area contributed by atoms with E-state index in [-0.39, 0.29) is 22.9 Å². The fourth-order valence-electron chi connectivity index (χ4n) is 2.63. The monoisotopic (exact) mass is 378 g/mol. The van der Waals surface area contributed by atoms with Gasteiger partial charge >= 0.3 is 5.97 Å². The molecule has 2 aromatic carbocycles. The zero-order valence-electron chi connectivity index (χ0n) is 14.8. The standard InChI is InChI=1S/C20H15FN4O3/c1-28-20(27)18-17(23)13(10-22)11-25(18)16-8-2-12(3-9-16)19(26)24-15-6-4-14(21)5-7-15/h2-9,11H,23H2,1H3,(H,24,26). The number of carbonyl (C=O) groups is 2. The number of nitrogens with zero attached hydrogens (tertiary/aromatic N) is 2. The van der Waals surface area contributed by atoms with Crippen LogP contribution in [0.15, 0.2) is 54.7 Å². The molecule has 0 aliphatic carbocycles. The lowest BCUT2D eigenvalue weighted by Crippen LogP contribution is -2.13. The number of amides is 1. The number of nitrogen functional groups attached to an aromatic ring is 1. The van der Waals surface area contributed by atoms with Gasteiger partial charge in [0.2, 0.25) is 0 Å². The molecule has 0 unspecified atom stereocenters. The second-order valence-electron chi connectivity index (χ2n) is 5.79. The topological polar surface area (TPSA) is 110 Å². The summed E-state index contributed by atoms with van der Waals surface area (Å²) in [6.07, 6.45) is 1.43. The Labute approximate surface area is 159 Å². The molecule has 3 aromatic rings. The number of nitrogens with one attached hydrogen (secondary N) is 1. The number of nitriles is 1. The van der Waals surface area contributed by atoms with Crippen LogP contribution in [-0.4, -0.2) is 23.6 Å². The van der Waals surface area contributed by atoms with E-state index in [0.717, 1.165) is 0 Å². The summed E-state index contributed by atoms with van der Waals surface area (Å²) in [4.78, 5) is 24.4. The number of halogens is 1. The third-order valence-electron chi connectivity index (χ3n) is 4.05. The lowest BCUT2D eigenvalue weighted by molar-refractivity contribution is 0.0593. The van der Waals surface area contributed by atoms with Gasteiger partial charge < -0.3 is 20.4 Å². The number of esters is 1. The van der Waals surface area contributed by atoms with Gasteiger partial charge in [-0.3, -0.25) is 4.79 Å². The molecule has 1 heterocycles. The molecule has 0 bridgehead atoms. The van der Waals surface area contributed by atoms with E-state index >= 15 is 0 Å². The van der Waals surface area contributed by atoms with Crippen molar-refractivity contribution in [1.82, 2.24) is 4.57 Å². The van der Waals surface area contributed by atoms with Crippen LogP contribution in [0.5, 0.6) is 0 Å². The third kappa shape index (κ3) is 3.54. The Hall–Kier alpha value is -4.12. The van der Waals surface area contributed by atoms with E-state index in [1.807, 2.05) is 6.07 Å². The first-order chi connectivity index (χ1) is 13.4. The number of rotatable bonds is 4. The summed E-state index contributed by atoms with van der Waals surface area (Å²) in [5.41, 5.74) is 7.39. The van der Waals surface area contributed by atoms with Crippen molar-refractivity contribution in [2.45, 2.75) is 0 Å². The first-order valence-corrected chi connectivity index (χ1v) is 8.11. The summed E-state index contributed by atoms with van der Waals surface area (Å²) in [5, 5.41) is 11.8. The van der Waals surface area contributed by atoms with Crippen LogP contribution in [0.4, 0.5) is 15.8 Å². The van der Waals surface area contributed by atoms with Gasteiger partial charge in [0.1, 0.15) is 11.9 Å². The van der Waals surface area contributed by atoms with Crippen LogP contribution in [0.3, 0.4) is 0 Å². The number of anilines is 2. The molecule has 0 aliphatic heterocycles. The Morgan fingerprint density at radius 3 is 2.36 bits per heavy atom. The number of hydrogen-bond acceptors (Lipinski definition) is 5. The molecule has 3 rings (SSSR count). The first-order valence-electron chi connectivity index (χ1n) is 8.11. The Morgan fingerprint density at radius 1 is 1.14 bits per heavy atom. The van der Waals surface area contributed by atoms with E-state index in [2.05, 4.69) is 5.32 Å². The van der Waals surface area contributed by atoms with E-state index in [9.17, 15) is 14.0 Å². The highest BCUT2D eigenvalue weighted by Gasteiger charge is 2.21. The molecule has 0 spiro atoms. The van der Waals surface area contributed by atoms with Crippen molar-refractivity contribution >= 4 is 23.3 Å². The molecule has 0 fully saturated rings. The van der Waals surface area contributed by atoms with Crippen molar-refractivity contribution < 1.29 is 18.7 Å². The summed E-state index contributed by atoms with van der Waals surface area (Å²) < 4.78 is 19.1. The highest BCUT2D eigenvalue weighted by molar-refractivity contribution is 6.04. The number of nitrogens with two attached hydrogens (primary N) is 1. The highest BCUT2D eigenvalue weighted by Crippen LogP contribution is 2.25. The molecular weight excluding hydrogens is 363 g/mol. The van der Waals surface area contributed by atoms with Crippen LogP contribution in [0.25, 0.3) is 5.69 Å². The average Bonchev–Trinajstić information content (AvgIpc) is 3.05. The van der Waals surface area contributed by atoms with Crippen molar-refractivity contribution in [3.05, 3.63) is 77.4 Å². The summed E-state index contributed by atoms with van der Waals surface area (Å²) in [5.74, 6) is -1.46. The molecule has 28 heavy (non-hydrogen) atoms. The summed E-state index contributed by atoms with van der Waals surface area (Å²) >= 11 is 0. The summed E-state index contributed by atoms with van der Waals surface area (Å²) in [7, 11) is 1.22. The summed E-state index contributed by atoms with van der Waals surface area (Å²) in [6.45, 7) is 0. The second-order valence-corrected chi connectivity index (χ2v) is 5.79. The van der Waals surface area contributed by atoms with E-state index in [0.29, 0.717) is 16.9 Å². The minimum atomic E-state index is -0.683. The van der Waals surface area contributed by atoms with Crippen LogP contribution < -0.4 is 11.1 Å². The van der Waals surface area contributed by atoms with Crippen molar-refractivity contribution in [3.8, 4) is 11.8 Å². The Morgan fingerprint density at radius 2 is 1.79 bits per heavy atom. The van der Waals surface area contributed by atoms with E-state index in [1.165, 1.54) is 42.1 Å². The maximum Gasteiger partial charge on any atom is 0.357 e. The lowest BCUT2D eigenvalue weighted by atomic mass is 10.2. The van der Waals surface area contributed by atoms with Gasteiger partial charge in [0.05, 0.1) is 18.4 Å². The van der Waals surface area contributed by atoms with Crippen LogP contribution >= 0.6 is 0 Å². The fourth-order valence-corrected chi connectivity index (χ4v) is 2.63. The third-order valence-corrected chi connectivity index (χ3v) is 4.05. The van der Waals surface area contributed by atoms with Crippen molar-refractivity contribution in [1.29, 1.82) is 5.26 Å². The maximum absolute atomic E-state index is 12.9. The van der Waals surface area contributed by atoms with Crippen molar-refractivity contribution in [3.63, 3.8) is 0 Å². The van der Waals surface area contributed by atoms with Gasteiger partial charge in [0, 0.05) is 23.1 Å². The first kappa shape index (κ1) is 18.7. The van der Waals surface area contributed by atoms with Crippen LogP contribution in [-0.2, 0) is 4.74 Å². The van der Waals surface area contributed by atoms with Gasteiger partial charge in [-0.2, -0.15) is 5.26 Å². The molecule has 7 nitrogen and oxygen atoms in total. The quantitative estimate of drug-likeness (QED) is 0.678. The minimum absolute atomic E-state index is 0.0208. The van der Waals surface area contributed by atoms with E-state index in [1.54, 1.807) is 24.3 Å². The number of aromatic nitrogens is 1. The minimum Gasteiger partial charge on any atom is -0.464 e. The number of carbonyl (C=O) groups excluding carboxylic acids is 2. The molecule has 0 radical (unpaired) electrons. The largest absolute Gasteiger partial charge is 0.464 e. The predicted octanol–water partition coefficient (Wildman–Crippen LogP) is 3.11. The number of benzene rings is 2. The SMILES string of the molecule is COC(=O)c1c(N)c(C#N)cn1-c1ccc(C(=O)Nc2ccc(F)cc2)cc1.